The maximum Gasteiger partial charge on any atom is 0.204 e. The first-order valence-electron chi connectivity index (χ1n) is 7.31. The zero-order chi connectivity index (χ0) is 19.9. The number of methoxy groups -OCH3 is 1. The van der Waals surface area contributed by atoms with Gasteiger partial charge in [-0.05, 0) is 34.9 Å². The SMILES string of the molecule is C=C(/C=C\C(=C)C(=C)/C=C(/F)C(=C)OC)COc1ccc(O)c(F)c1F. The number of phenolic OH excluding ortho intramolecular Hbond substituents is 1. The van der Waals surface area contributed by atoms with E-state index in [2.05, 4.69) is 31.1 Å². The van der Waals surface area contributed by atoms with Crippen LogP contribution in [0.4, 0.5) is 13.2 Å². The largest absolute Gasteiger partial charge is 0.505 e. The van der Waals surface area contributed by atoms with Gasteiger partial charge in [-0.2, -0.15) is 8.78 Å². The highest BCUT2D eigenvalue weighted by Gasteiger charge is 2.13. The summed E-state index contributed by atoms with van der Waals surface area (Å²) in [5, 5.41) is 9.05. The molecule has 0 aliphatic heterocycles. The van der Waals surface area contributed by atoms with Gasteiger partial charge in [0.25, 0.3) is 0 Å². The molecule has 1 aromatic rings. The van der Waals surface area contributed by atoms with Crippen molar-refractivity contribution in [1.29, 1.82) is 0 Å². The molecule has 0 aromatic heterocycles. The topological polar surface area (TPSA) is 38.7 Å². The molecule has 3 nitrogen and oxygen atoms in total. The Kier molecular flexibility index (Phi) is 7.52. The van der Waals surface area contributed by atoms with Gasteiger partial charge in [-0.3, -0.25) is 0 Å². The van der Waals surface area contributed by atoms with Crippen molar-refractivity contribution in [2.75, 3.05) is 13.7 Å². The van der Waals surface area contributed by atoms with Crippen LogP contribution in [0.2, 0.25) is 0 Å². The second-order valence-corrected chi connectivity index (χ2v) is 5.16. The highest BCUT2D eigenvalue weighted by Crippen LogP contribution is 2.26. The average molecular weight is 364 g/mol. The fraction of sp³-hybridized carbons (Fsp3) is 0.100. The van der Waals surface area contributed by atoms with Gasteiger partial charge in [0.15, 0.2) is 17.3 Å². The normalized spacial score (nSPS) is 11.3. The molecule has 0 amide bonds. The van der Waals surface area contributed by atoms with E-state index in [-0.39, 0.29) is 23.7 Å². The number of hydrogen-bond acceptors (Lipinski definition) is 3. The summed E-state index contributed by atoms with van der Waals surface area (Å²) in [5.41, 5.74) is 1.10. The Morgan fingerprint density at radius 3 is 2.35 bits per heavy atom. The Hall–Kier alpha value is -3.15. The van der Waals surface area contributed by atoms with Crippen LogP contribution >= 0.6 is 0 Å². The van der Waals surface area contributed by atoms with E-state index >= 15 is 0 Å². The lowest BCUT2D eigenvalue weighted by molar-refractivity contribution is 0.285. The third kappa shape index (κ3) is 5.73. The van der Waals surface area contributed by atoms with Crippen LogP contribution in [0.15, 0.2) is 85.0 Å². The lowest BCUT2D eigenvalue weighted by Gasteiger charge is -2.08. The van der Waals surface area contributed by atoms with E-state index in [1.807, 2.05) is 0 Å². The molecule has 26 heavy (non-hydrogen) atoms. The molecule has 0 spiro atoms. The van der Waals surface area contributed by atoms with Crippen LogP contribution in [0.1, 0.15) is 0 Å². The minimum absolute atomic E-state index is 0.135. The van der Waals surface area contributed by atoms with Gasteiger partial charge in [-0.1, -0.05) is 38.5 Å². The van der Waals surface area contributed by atoms with Crippen LogP contribution in [-0.2, 0) is 4.74 Å². The van der Waals surface area contributed by atoms with E-state index in [1.54, 1.807) is 0 Å². The number of rotatable bonds is 9. The summed E-state index contributed by atoms with van der Waals surface area (Å²) in [6.07, 6.45) is 4.15. The molecular weight excluding hydrogens is 345 g/mol. The fourth-order valence-corrected chi connectivity index (χ4v) is 1.60. The van der Waals surface area contributed by atoms with Gasteiger partial charge in [-0.15, -0.1) is 0 Å². The van der Waals surface area contributed by atoms with Crippen LogP contribution in [0.3, 0.4) is 0 Å². The molecule has 0 fully saturated rings. The first kappa shape index (κ1) is 20.9. The molecule has 1 aromatic carbocycles. The van der Waals surface area contributed by atoms with E-state index < -0.39 is 23.2 Å². The van der Waals surface area contributed by atoms with Crippen molar-refractivity contribution >= 4 is 0 Å². The molecule has 138 valence electrons. The van der Waals surface area contributed by atoms with Crippen molar-refractivity contribution in [2.24, 2.45) is 0 Å². The second kappa shape index (κ2) is 9.36. The van der Waals surface area contributed by atoms with Crippen LogP contribution in [0, 0.1) is 11.6 Å². The number of aromatic hydroxyl groups is 1. The number of ether oxygens (including phenoxy) is 2. The molecule has 1 rings (SSSR count). The van der Waals surface area contributed by atoms with Crippen molar-refractivity contribution in [3.63, 3.8) is 0 Å². The van der Waals surface area contributed by atoms with Crippen molar-refractivity contribution in [3.05, 3.63) is 96.6 Å². The van der Waals surface area contributed by atoms with E-state index in [0.717, 1.165) is 18.2 Å². The minimum Gasteiger partial charge on any atom is -0.505 e. The summed E-state index contributed by atoms with van der Waals surface area (Å²) >= 11 is 0. The Morgan fingerprint density at radius 1 is 1.08 bits per heavy atom. The number of benzene rings is 1. The number of hydrogen-bond donors (Lipinski definition) is 1. The number of allylic oxidation sites excluding steroid dienone is 5. The molecule has 0 aliphatic carbocycles. The van der Waals surface area contributed by atoms with Crippen LogP contribution in [-0.4, -0.2) is 18.8 Å². The minimum atomic E-state index is -1.39. The third-order valence-electron chi connectivity index (χ3n) is 3.19. The molecule has 1 N–H and O–H groups in total. The quantitative estimate of drug-likeness (QED) is 0.478. The lowest BCUT2D eigenvalue weighted by atomic mass is 10.1. The van der Waals surface area contributed by atoms with Crippen molar-refractivity contribution < 1.29 is 27.8 Å². The average Bonchev–Trinajstić information content (AvgIpc) is 2.62. The molecule has 0 unspecified atom stereocenters. The predicted octanol–water partition coefficient (Wildman–Crippen LogP) is 5.29. The summed E-state index contributed by atoms with van der Waals surface area (Å²) in [5.74, 6) is -4.66. The summed E-state index contributed by atoms with van der Waals surface area (Å²) in [7, 11) is 1.29. The summed E-state index contributed by atoms with van der Waals surface area (Å²) in [6, 6.07) is 2.08. The highest BCUT2D eigenvalue weighted by atomic mass is 19.2. The maximum atomic E-state index is 13.6. The van der Waals surface area contributed by atoms with Crippen molar-refractivity contribution in [2.45, 2.75) is 0 Å². The monoisotopic (exact) mass is 364 g/mol. The van der Waals surface area contributed by atoms with E-state index in [9.17, 15) is 13.2 Å². The number of halogens is 3. The molecule has 0 saturated heterocycles. The molecule has 6 heteroatoms. The van der Waals surface area contributed by atoms with E-state index in [0.29, 0.717) is 11.1 Å². The van der Waals surface area contributed by atoms with Crippen LogP contribution in [0.25, 0.3) is 0 Å². The standard InChI is InChI=1S/C20H19F3O3/c1-12(11-26-18-9-8-17(24)19(22)20(18)23)6-7-13(2)14(3)10-16(21)15(4)25-5/h6-10,24H,1-4,11H2,5H3/b7-6-,16-10+. The molecule has 0 heterocycles. The van der Waals surface area contributed by atoms with Gasteiger partial charge in [0, 0.05) is 0 Å². The molecule has 0 saturated carbocycles. The number of phenols is 1. The molecule has 0 aliphatic rings. The van der Waals surface area contributed by atoms with Gasteiger partial charge in [0.1, 0.15) is 12.4 Å². The smallest absolute Gasteiger partial charge is 0.204 e. The van der Waals surface area contributed by atoms with Gasteiger partial charge in [0.2, 0.25) is 11.6 Å². The van der Waals surface area contributed by atoms with Gasteiger partial charge >= 0.3 is 0 Å². The predicted molar refractivity (Wildman–Crippen MR) is 95.4 cm³/mol. The Balaban J connectivity index is 2.65. The first-order valence-corrected chi connectivity index (χ1v) is 7.31. The summed E-state index contributed by atoms with van der Waals surface area (Å²) in [6.45, 7) is 14.3. The van der Waals surface area contributed by atoms with Gasteiger partial charge < -0.3 is 14.6 Å². The van der Waals surface area contributed by atoms with Crippen molar-refractivity contribution in [1.82, 2.24) is 0 Å². The Morgan fingerprint density at radius 2 is 1.73 bits per heavy atom. The fourth-order valence-electron chi connectivity index (χ4n) is 1.60. The van der Waals surface area contributed by atoms with Crippen LogP contribution < -0.4 is 4.74 Å². The second-order valence-electron chi connectivity index (χ2n) is 5.16. The molecule has 0 bridgehead atoms. The molecule has 0 atom stereocenters. The summed E-state index contributed by atoms with van der Waals surface area (Å²) in [4.78, 5) is 0. The van der Waals surface area contributed by atoms with Gasteiger partial charge in [0.05, 0.1) is 7.11 Å². The van der Waals surface area contributed by atoms with Crippen LogP contribution in [0.5, 0.6) is 11.5 Å². The molecular formula is C20H19F3O3. The van der Waals surface area contributed by atoms with Crippen molar-refractivity contribution in [3.8, 4) is 11.5 Å². The van der Waals surface area contributed by atoms with Gasteiger partial charge in [-0.25, -0.2) is 4.39 Å². The zero-order valence-corrected chi connectivity index (χ0v) is 14.3. The Bertz CT molecular complexity index is 805. The zero-order valence-electron chi connectivity index (χ0n) is 14.3. The summed E-state index contributed by atoms with van der Waals surface area (Å²) < 4.78 is 50.2. The van der Waals surface area contributed by atoms with E-state index in [4.69, 9.17) is 9.84 Å². The Labute approximate surface area is 150 Å². The lowest BCUT2D eigenvalue weighted by Crippen LogP contribution is -2.01. The molecule has 0 radical (unpaired) electrons. The maximum absolute atomic E-state index is 13.6. The highest BCUT2D eigenvalue weighted by molar-refractivity contribution is 5.46. The third-order valence-corrected chi connectivity index (χ3v) is 3.19. The van der Waals surface area contributed by atoms with E-state index in [1.165, 1.54) is 19.3 Å². The first-order chi connectivity index (χ1) is 12.2.